The molecular formula is C15H26N2O3. The monoisotopic (exact) mass is 282 g/mol. The molecule has 0 fully saturated rings. The van der Waals surface area contributed by atoms with Gasteiger partial charge in [0.15, 0.2) is 0 Å². The number of likely N-dealkylation sites (N-methyl/N-ethyl adjacent to an activating group) is 1. The summed E-state index contributed by atoms with van der Waals surface area (Å²) in [7, 11) is 7.42. The van der Waals surface area contributed by atoms with Crippen LogP contribution in [0.25, 0.3) is 0 Å². The average molecular weight is 282 g/mol. The molecule has 20 heavy (non-hydrogen) atoms. The smallest absolute Gasteiger partial charge is 0.127 e. The number of hydrogen-bond donors (Lipinski definition) is 1. The maximum absolute atomic E-state index is 5.85. The van der Waals surface area contributed by atoms with Crippen molar-refractivity contribution in [1.82, 2.24) is 10.2 Å². The molecule has 0 amide bonds. The summed E-state index contributed by atoms with van der Waals surface area (Å²) in [6, 6.07) is 5.92. The molecule has 0 heterocycles. The summed E-state index contributed by atoms with van der Waals surface area (Å²) >= 11 is 0. The van der Waals surface area contributed by atoms with Crippen LogP contribution in [0.3, 0.4) is 0 Å². The first kappa shape index (κ1) is 16.8. The third kappa shape index (κ3) is 6.23. The van der Waals surface area contributed by atoms with Crippen LogP contribution in [0, 0.1) is 0 Å². The molecule has 0 bridgehead atoms. The van der Waals surface area contributed by atoms with Crippen LogP contribution in [0.2, 0.25) is 0 Å². The van der Waals surface area contributed by atoms with Crippen molar-refractivity contribution >= 4 is 0 Å². The van der Waals surface area contributed by atoms with Gasteiger partial charge in [-0.3, -0.25) is 0 Å². The van der Waals surface area contributed by atoms with Crippen molar-refractivity contribution in [3.05, 3.63) is 23.8 Å². The molecule has 0 unspecified atom stereocenters. The predicted molar refractivity (Wildman–Crippen MR) is 80.6 cm³/mol. The molecule has 1 rings (SSSR count). The Balaban J connectivity index is 2.60. The second kappa shape index (κ2) is 9.58. The minimum Gasteiger partial charge on any atom is -0.497 e. The molecule has 0 atom stereocenters. The quantitative estimate of drug-likeness (QED) is 0.657. The average Bonchev–Trinajstić information content (AvgIpc) is 2.44. The highest BCUT2D eigenvalue weighted by molar-refractivity contribution is 5.40. The second-order valence-corrected chi connectivity index (χ2v) is 4.79. The molecule has 0 aromatic heterocycles. The third-order valence-corrected chi connectivity index (χ3v) is 2.87. The molecule has 1 aromatic rings. The van der Waals surface area contributed by atoms with E-state index < -0.39 is 0 Å². The Morgan fingerprint density at radius 3 is 2.60 bits per heavy atom. The fourth-order valence-corrected chi connectivity index (χ4v) is 1.68. The number of ether oxygens (including phenoxy) is 3. The molecular weight excluding hydrogens is 256 g/mol. The SMILES string of the molecule is COCCNCc1ccc(OC)cc1OCCN(C)C. The predicted octanol–water partition coefficient (Wildman–Crippen LogP) is 1.37. The molecule has 0 aliphatic carbocycles. The van der Waals surface area contributed by atoms with Crippen molar-refractivity contribution < 1.29 is 14.2 Å². The molecule has 5 heteroatoms. The van der Waals surface area contributed by atoms with Crippen molar-refractivity contribution in [1.29, 1.82) is 0 Å². The number of nitrogens with zero attached hydrogens (tertiary/aromatic N) is 1. The Morgan fingerprint density at radius 2 is 1.95 bits per heavy atom. The molecule has 0 saturated carbocycles. The van der Waals surface area contributed by atoms with Gasteiger partial charge in [0.05, 0.1) is 13.7 Å². The first-order valence-electron chi connectivity index (χ1n) is 6.81. The lowest BCUT2D eigenvalue weighted by molar-refractivity contribution is 0.199. The summed E-state index contributed by atoms with van der Waals surface area (Å²) in [5, 5.41) is 3.32. The van der Waals surface area contributed by atoms with Crippen LogP contribution in [-0.2, 0) is 11.3 Å². The standard InChI is InChI=1S/C15H26N2O3/c1-17(2)8-10-20-15-11-14(19-4)6-5-13(15)12-16-7-9-18-3/h5-6,11,16H,7-10,12H2,1-4H3. The zero-order valence-electron chi connectivity index (χ0n) is 12.9. The van der Waals surface area contributed by atoms with Gasteiger partial charge in [0.2, 0.25) is 0 Å². The Labute approximate surface area is 121 Å². The van der Waals surface area contributed by atoms with Crippen molar-refractivity contribution in [2.45, 2.75) is 6.54 Å². The van der Waals surface area contributed by atoms with Gasteiger partial charge in [-0.1, -0.05) is 6.07 Å². The van der Waals surface area contributed by atoms with E-state index in [4.69, 9.17) is 14.2 Å². The first-order chi connectivity index (χ1) is 9.67. The molecule has 114 valence electrons. The number of benzene rings is 1. The van der Waals surface area contributed by atoms with E-state index in [1.54, 1.807) is 14.2 Å². The molecule has 0 aliphatic heterocycles. The molecule has 0 radical (unpaired) electrons. The van der Waals surface area contributed by atoms with Crippen molar-refractivity contribution in [2.24, 2.45) is 0 Å². The van der Waals surface area contributed by atoms with E-state index in [1.165, 1.54) is 0 Å². The van der Waals surface area contributed by atoms with Crippen LogP contribution in [0.5, 0.6) is 11.5 Å². The summed E-state index contributed by atoms with van der Waals surface area (Å²) in [5.41, 5.74) is 1.13. The van der Waals surface area contributed by atoms with E-state index in [9.17, 15) is 0 Å². The van der Waals surface area contributed by atoms with Crippen LogP contribution >= 0.6 is 0 Å². The van der Waals surface area contributed by atoms with E-state index in [0.717, 1.165) is 36.7 Å². The summed E-state index contributed by atoms with van der Waals surface area (Å²) in [6.07, 6.45) is 0. The van der Waals surface area contributed by atoms with Gasteiger partial charge >= 0.3 is 0 Å². The molecule has 1 aromatic carbocycles. The van der Waals surface area contributed by atoms with Crippen LogP contribution in [0.1, 0.15) is 5.56 Å². The topological polar surface area (TPSA) is 43.0 Å². The van der Waals surface area contributed by atoms with Crippen LogP contribution < -0.4 is 14.8 Å². The Hall–Kier alpha value is -1.30. The molecule has 0 spiro atoms. The van der Waals surface area contributed by atoms with E-state index >= 15 is 0 Å². The zero-order valence-corrected chi connectivity index (χ0v) is 12.9. The highest BCUT2D eigenvalue weighted by atomic mass is 16.5. The van der Waals surface area contributed by atoms with E-state index in [1.807, 2.05) is 32.3 Å². The maximum atomic E-state index is 5.85. The second-order valence-electron chi connectivity index (χ2n) is 4.79. The highest BCUT2D eigenvalue weighted by Gasteiger charge is 2.06. The molecule has 5 nitrogen and oxygen atoms in total. The summed E-state index contributed by atoms with van der Waals surface area (Å²) in [4.78, 5) is 2.09. The van der Waals surface area contributed by atoms with Gasteiger partial charge in [0.1, 0.15) is 18.1 Å². The third-order valence-electron chi connectivity index (χ3n) is 2.87. The minimum absolute atomic E-state index is 0.658. The fraction of sp³-hybridized carbons (Fsp3) is 0.600. The lowest BCUT2D eigenvalue weighted by Crippen LogP contribution is -2.21. The van der Waals surface area contributed by atoms with Gasteiger partial charge in [-0.25, -0.2) is 0 Å². The van der Waals surface area contributed by atoms with Crippen molar-refractivity contribution in [3.63, 3.8) is 0 Å². The summed E-state index contributed by atoms with van der Waals surface area (Å²) < 4.78 is 16.1. The van der Waals surface area contributed by atoms with Crippen molar-refractivity contribution in [3.8, 4) is 11.5 Å². The Bertz CT molecular complexity index is 383. The number of methoxy groups -OCH3 is 2. The van der Waals surface area contributed by atoms with Gasteiger partial charge < -0.3 is 24.4 Å². The zero-order chi connectivity index (χ0) is 14.8. The lowest BCUT2D eigenvalue weighted by atomic mass is 10.2. The molecule has 0 aliphatic rings. The summed E-state index contributed by atoms with van der Waals surface area (Å²) in [6.45, 7) is 3.82. The summed E-state index contributed by atoms with van der Waals surface area (Å²) in [5.74, 6) is 1.68. The molecule has 1 N–H and O–H groups in total. The van der Waals surface area contributed by atoms with Gasteiger partial charge in [0, 0.05) is 38.4 Å². The van der Waals surface area contributed by atoms with E-state index in [0.29, 0.717) is 13.2 Å². The van der Waals surface area contributed by atoms with Crippen molar-refractivity contribution in [2.75, 3.05) is 54.6 Å². The minimum atomic E-state index is 0.658. The number of nitrogens with one attached hydrogen (secondary N) is 1. The van der Waals surface area contributed by atoms with Crippen LogP contribution in [0.15, 0.2) is 18.2 Å². The maximum Gasteiger partial charge on any atom is 0.127 e. The Morgan fingerprint density at radius 1 is 1.15 bits per heavy atom. The number of rotatable bonds is 10. The molecule has 0 saturated heterocycles. The Kier molecular flexibility index (Phi) is 8.02. The number of hydrogen-bond acceptors (Lipinski definition) is 5. The van der Waals surface area contributed by atoms with Crippen LogP contribution in [-0.4, -0.2) is 59.5 Å². The van der Waals surface area contributed by atoms with Gasteiger partial charge in [-0.15, -0.1) is 0 Å². The first-order valence-corrected chi connectivity index (χ1v) is 6.81. The van der Waals surface area contributed by atoms with Gasteiger partial charge in [-0.2, -0.15) is 0 Å². The van der Waals surface area contributed by atoms with E-state index in [-0.39, 0.29) is 0 Å². The lowest BCUT2D eigenvalue weighted by Gasteiger charge is -2.15. The highest BCUT2D eigenvalue weighted by Crippen LogP contribution is 2.24. The van der Waals surface area contributed by atoms with Crippen LogP contribution in [0.4, 0.5) is 0 Å². The van der Waals surface area contributed by atoms with Gasteiger partial charge in [-0.05, 0) is 20.2 Å². The normalized spacial score (nSPS) is 10.8. The van der Waals surface area contributed by atoms with Gasteiger partial charge in [0.25, 0.3) is 0 Å². The largest absolute Gasteiger partial charge is 0.497 e. The fourth-order valence-electron chi connectivity index (χ4n) is 1.68. The van der Waals surface area contributed by atoms with E-state index in [2.05, 4.69) is 10.2 Å².